The molecular formula is C11H21N5O2. The first-order valence-corrected chi connectivity index (χ1v) is 5.83. The fraction of sp³-hybridized carbons (Fsp3) is 0.636. The second-order valence-corrected chi connectivity index (χ2v) is 3.95. The lowest BCUT2D eigenvalue weighted by atomic mass is 10.4. The summed E-state index contributed by atoms with van der Waals surface area (Å²) < 4.78 is 0. The molecule has 0 fully saturated rings. The van der Waals surface area contributed by atoms with Crippen molar-refractivity contribution in [3.05, 3.63) is 6.07 Å². The fourth-order valence-corrected chi connectivity index (χ4v) is 1.43. The zero-order valence-corrected chi connectivity index (χ0v) is 11.1. The zero-order valence-electron chi connectivity index (χ0n) is 11.1. The number of hydrogen-bond donors (Lipinski definition) is 3. The topological polar surface area (TPSA) is 84.8 Å². The second kappa shape index (κ2) is 6.97. The molecule has 0 spiro atoms. The maximum absolute atomic E-state index is 8.94. The monoisotopic (exact) mass is 255 g/mol. The summed E-state index contributed by atoms with van der Waals surface area (Å²) in [5.74, 6) is 1.96. The SMILES string of the molecule is CNc1cc(N(C)CCO)nc(N(C)CCO)n1. The molecule has 0 bridgehead atoms. The van der Waals surface area contributed by atoms with Gasteiger partial charge in [-0.15, -0.1) is 0 Å². The Balaban J connectivity index is 3.00. The van der Waals surface area contributed by atoms with Crippen LogP contribution in [0.1, 0.15) is 0 Å². The summed E-state index contributed by atoms with van der Waals surface area (Å²) in [6, 6.07) is 1.81. The minimum absolute atomic E-state index is 0.0471. The van der Waals surface area contributed by atoms with E-state index < -0.39 is 0 Å². The van der Waals surface area contributed by atoms with Crippen LogP contribution in [0.15, 0.2) is 6.07 Å². The number of aromatic nitrogens is 2. The number of aliphatic hydroxyl groups is 2. The standard InChI is InChI=1S/C11H21N5O2/c1-12-9-8-10(15(2)4-6-17)14-11(13-9)16(3)5-7-18/h8,17-18H,4-7H2,1-3H3,(H,12,13,14). The third-order valence-electron chi connectivity index (χ3n) is 2.56. The zero-order chi connectivity index (χ0) is 13.5. The Kier molecular flexibility index (Phi) is 5.60. The van der Waals surface area contributed by atoms with E-state index in [1.54, 1.807) is 11.9 Å². The second-order valence-electron chi connectivity index (χ2n) is 3.95. The predicted molar refractivity (Wildman–Crippen MR) is 72.3 cm³/mol. The summed E-state index contributed by atoms with van der Waals surface area (Å²) in [6.45, 7) is 1.09. The minimum atomic E-state index is 0.0471. The Morgan fingerprint density at radius 3 is 2.28 bits per heavy atom. The molecular weight excluding hydrogens is 234 g/mol. The quantitative estimate of drug-likeness (QED) is 0.598. The maximum Gasteiger partial charge on any atom is 0.229 e. The molecule has 0 unspecified atom stereocenters. The lowest BCUT2D eigenvalue weighted by molar-refractivity contribution is 0.303. The molecule has 0 aliphatic heterocycles. The molecule has 0 aliphatic carbocycles. The van der Waals surface area contributed by atoms with Crippen molar-refractivity contribution in [1.29, 1.82) is 0 Å². The molecule has 0 saturated carbocycles. The molecule has 0 aliphatic rings. The Labute approximate surface area is 107 Å². The van der Waals surface area contributed by atoms with Crippen LogP contribution in [0.5, 0.6) is 0 Å². The van der Waals surface area contributed by atoms with Crippen molar-refractivity contribution >= 4 is 17.6 Å². The Morgan fingerprint density at radius 2 is 1.72 bits per heavy atom. The fourth-order valence-electron chi connectivity index (χ4n) is 1.43. The first-order valence-electron chi connectivity index (χ1n) is 5.83. The molecule has 0 amide bonds. The van der Waals surface area contributed by atoms with E-state index in [1.807, 2.05) is 25.1 Å². The van der Waals surface area contributed by atoms with E-state index in [0.717, 1.165) is 5.82 Å². The van der Waals surface area contributed by atoms with Gasteiger partial charge in [-0.2, -0.15) is 9.97 Å². The third kappa shape index (κ3) is 3.71. The normalized spacial score (nSPS) is 10.3. The first kappa shape index (κ1) is 14.5. The predicted octanol–water partition coefficient (Wildman–Crippen LogP) is -0.625. The van der Waals surface area contributed by atoms with Gasteiger partial charge in [-0.05, 0) is 0 Å². The van der Waals surface area contributed by atoms with Gasteiger partial charge in [0.2, 0.25) is 5.95 Å². The number of hydrogen-bond acceptors (Lipinski definition) is 7. The van der Waals surface area contributed by atoms with Gasteiger partial charge in [0, 0.05) is 40.3 Å². The van der Waals surface area contributed by atoms with Crippen molar-refractivity contribution in [1.82, 2.24) is 9.97 Å². The van der Waals surface area contributed by atoms with E-state index in [2.05, 4.69) is 15.3 Å². The highest BCUT2D eigenvalue weighted by Gasteiger charge is 2.10. The van der Waals surface area contributed by atoms with Gasteiger partial charge >= 0.3 is 0 Å². The van der Waals surface area contributed by atoms with Crippen LogP contribution >= 0.6 is 0 Å². The highest BCUT2D eigenvalue weighted by atomic mass is 16.3. The number of nitrogens with one attached hydrogen (secondary N) is 1. The van der Waals surface area contributed by atoms with Crippen molar-refractivity contribution in [3.8, 4) is 0 Å². The van der Waals surface area contributed by atoms with Crippen LogP contribution < -0.4 is 15.1 Å². The van der Waals surface area contributed by atoms with Gasteiger partial charge < -0.3 is 25.3 Å². The highest BCUT2D eigenvalue weighted by Crippen LogP contribution is 2.18. The van der Waals surface area contributed by atoms with Gasteiger partial charge in [-0.25, -0.2) is 0 Å². The average molecular weight is 255 g/mol. The Bertz CT molecular complexity index is 344. The van der Waals surface area contributed by atoms with Gasteiger partial charge in [0.25, 0.3) is 0 Å². The number of rotatable bonds is 7. The minimum Gasteiger partial charge on any atom is -0.395 e. The lowest BCUT2D eigenvalue weighted by Crippen LogP contribution is -2.26. The van der Waals surface area contributed by atoms with E-state index in [-0.39, 0.29) is 13.2 Å². The smallest absolute Gasteiger partial charge is 0.229 e. The van der Waals surface area contributed by atoms with Gasteiger partial charge in [-0.1, -0.05) is 0 Å². The van der Waals surface area contributed by atoms with Crippen LogP contribution in [0.3, 0.4) is 0 Å². The van der Waals surface area contributed by atoms with E-state index in [1.165, 1.54) is 0 Å². The van der Waals surface area contributed by atoms with Crippen LogP contribution in [0.2, 0.25) is 0 Å². The van der Waals surface area contributed by atoms with Crippen LogP contribution in [0.25, 0.3) is 0 Å². The molecule has 1 rings (SSSR count). The third-order valence-corrected chi connectivity index (χ3v) is 2.56. The van der Waals surface area contributed by atoms with Crippen molar-refractivity contribution in [2.45, 2.75) is 0 Å². The Morgan fingerprint density at radius 1 is 1.11 bits per heavy atom. The van der Waals surface area contributed by atoms with Crippen LogP contribution in [-0.4, -0.2) is 67.6 Å². The summed E-state index contributed by atoms with van der Waals surface area (Å²) in [7, 11) is 5.46. The van der Waals surface area contributed by atoms with Crippen molar-refractivity contribution in [3.63, 3.8) is 0 Å². The van der Waals surface area contributed by atoms with E-state index in [9.17, 15) is 0 Å². The van der Waals surface area contributed by atoms with Crippen LogP contribution in [0.4, 0.5) is 17.6 Å². The highest BCUT2D eigenvalue weighted by molar-refractivity contribution is 5.53. The molecule has 0 atom stereocenters. The molecule has 0 aromatic carbocycles. The van der Waals surface area contributed by atoms with Crippen LogP contribution in [0, 0.1) is 0 Å². The molecule has 102 valence electrons. The van der Waals surface area contributed by atoms with Crippen molar-refractivity contribution in [2.75, 3.05) is 62.6 Å². The molecule has 0 saturated heterocycles. The van der Waals surface area contributed by atoms with Crippen molar-refractivity contribution in [2.24, 2.45) is 0 Å². The number of aliphatic hydroxyl groups excluding tert-OH is 2. The maximum atomic E-state index is 8.94. The van der Waals surface area contributed by atoms with Crippen LogP contribution in [-0.2, 0) is 0 Å². The van der Waals surface area contributed by atoms with Gasteiger partial charge in [0.05, 0.1) is 13.2 Å². The summed E-state index contributed by atoms with van der Waals surface area (Å²) in [4.78, 5) is 12.3. The Hall–Kier alpha value is -1.60. The molecule has 7 nitrogen and oxygen atoms in total. The molecule has 0 radical (unpaired) electrons. The molecule has 7 heteroatoms. The molecule has 1 aromatic rings. The molecule has 1 aromatic heterocycles. The number of anilines is 3. The number of nitrogens with zero attached hydrogens (tertiary/aromatic N) is 4. The van der Waals surface area contributed by atoms with E-state index in [4.69, 9.17) is 10.2 Å². The summed E-state index contributed by atoms with van der Waals surface area (Å²) >= 11 is 0. The molecule has 18 heavy (non-hydrogen) atoms. The van der Waals surface area contributed by atoms with Gasteiger partial charge in [0.15, 0.2) is 0 Å². The number of likely N-dealkylation sites (N-methyl/N-ethyl adjacent to an activating group) is 2. The molecule has 3 N–H and O–H groups in total. The van der Waals surface area contributed by atoms with E-state index in [0.29, 0.717) is 24.9 Å². The average Bonchev–Trinajstić information content (AvgIpc) is 2.38. The molecule has 1 heterocycles. The summed E-state index contributed by atoms with van der Waals surface area (Å²) in [5.41, 5.74) is 0. The first-order chi connectivity index (χ1) is 8.62. The summed E-state index contributed by atoms with van der Waals surface area (Å²) in [5, 5.41) is 20.8. The van der Waals surface area contributed by atoms with Crippen molar-refractivity contribution < 1.29 is 10.2 Å². The largest absolute Gasteiger partial charge is 0.395 e. The summed E-state index contributed by atoms with van der Waals surface area (Å²) in [6.07, 6.45) is 0. The lowest BCUT2D eigenvalue weighted by Gasteiger charge is -2.21. The van der Waals surface area contributed by atoms with E-state index >= 15 is 0 Å². The van der Waals surface area contributed by atoms with Gasteiger partial charge in [0.1, 0.15) is 11.6 Å². The van der Waals surface area contributed by atoms with Gasteiger partial charge in [-0.3, -0.25) is 0 Å².